The van der Waals surface area contributed by atoms with Crippen LogP contribution < -0.4 is 14.8 Å². The van der Waals surface area contributed by atoms with Gasteiger partial charge in [-0.3, -0.25) is 9.48 Å². The van der Waals surface area contributed by atoms with E-state index >= 15 is 0 Å². The zero-order valence-corrected chi connectivity index (χ0v) is 17.6. The van der Waals surface area contributed by atoms with Crippen molar-refractivity contribution in [3.63, 3.8) is 0 Å². The van der Waals surface area contributed by atoms with Gasteiger partial charge in [0.1, 0.15) is 30.3 Å². The molecule has 3 aromatic heterocycles. The van der Waals surface area contributed by atoms with E-state index in [0.717, 1.165) is 11.1 Å². The van der Waals surface area contributed by atoms with Crippen molar-refractivity contribution in [3.8, 4) is 11.5 Å². The molecule has 0 unspecified atom stereocenters. The maximum Gasteiger partial charge on any atom is 0.261 e. The predicted molar refractivity (Wildman–Crippen MR) is 115 cm³/mol. The molecule has 10 nitrogen and oxygen atoms in total. The molecule has 0 aliphatic carbocycles. The largest absolute Gasteiger partial charge is 0.490 e. The Balaban J connectivity index is 1.47. The van der Waals surface area contributed by atoms with Crippen LogP contribution >= 0.6 is 0 Å². The van der Waals surface area contributed by atoms with Crippen molar-refractivity contribution in [1.29, 1.82) is 0 Å². The Morgan fingerprint density at radius 2 is 2.22 bits per heavy atom. The van der Waals surface area contributed by atoms with E-state index in [1.54, 1.807) is 48.4 Å². The number of hydrogen-bond donors (Lipinski definition) is 2. The van der Waals surface area contributed by atoms with Crippen LogP contribution in [0.1, 0.15) is 28.4 Å². The minimum atomic E-state index is -0.987. The van der Waals surface area contributed by atoms with Gasteiger partial charge in [0.2, 0.25) is 0 Å². The highest BCUT2D eigenvalue weighted by Gasteiger charge is 2.30. The lowest BCUT2D eigenvalue weighted by molar-refractivity contribution is -0.000718. The molecule has 0 spiro atoms. The molecular weight excluding hydrogens is 412 g/mol. The zero-order valence-electron chi connectivity index (χ0n) is 17.6. The van der Waals surface area contributed by atoms with Crippen LogP contribution in [0.25, 0.3) is 5.65 Å². The summed E-state index contributed by atoms with van der Waals surface area (Å²) < 4.78 is 15.0. The van der Waals surface area contributed by atoms with E-state index in [9.17, 15) is 9.90 Å². The fraction of sp³-hybridized carbons (Fsp3) is 0.273. The molecule has 1 atom stereocenters. The third-order valence-corrected chi connectivity index (χ3v) is 5.20. The molecule has 2 N–H and O–H groups in total. The number of carbonyl (C=O) groups is 1. The van der Waals surface area contributed by atoms with Gasteiger partial charge in [-0.05, 0) is 24.6 Å². The van der Waals surface area contributed by atoms with Gasteiger partial charge in [-0.1, -0.05) is 0 Å². The summed E-state index contributed by atoms with van der Waals surface area (Å²) in [6.45, 7) is 2.17. The summed E-state index contributed by atoms with van der Waals surface area (Å²) in [6.07, 6.45) is 8.77. The second-order valence-electron chi connectivity index (χ2n) is 8.13. The van der Waals surface area contributed by atoms with Gasteiger partial charge in [-0.15, -0.1) is 0 Å². The van der Waals surface area contributed by atoms with E-state index in [1.165, 1.54) is 10.7 Å². The van der Waals surface area contributed by atoms with E-state index in [-0.39, 0.29) is 19.1 Å². The Hall–Kier alpha value is -3.92. The lowest BCUT2D eigenvalue weighted by atomic mass is 9.93. The highest BCUT2D eigenvalue weighted by Crippen LogP contribution is 2.38. The van der Waals surface area contributed by atoms with Crippen LogP contribution in [0.2, 0.25) is 0 Å². The molecule has 4 aromatic rings. The van der Waals surface area contributed by atoms with Crippen LogP contribution in [0, 0.1) is 0 Å². The van der Waals surface area contributed by atoms with E-state index in [0.29, 0.717) is 34.8 Å². The smallest absolute Gasteiger partial charge is 0.261 e. The van der Waals surface area contributed by atoms with Crippen molar-refractivity contribution in [2.45, 2.75) is 25.6 Å². The summed E-state index contributed by atoms with van der Waals surface area (Å²) in [5.74, 6) is 0.702. The summed E-state index contributed by atoms with van der Waals surface area (Å²) in [4.78, 5) is 17.3. The number of fused-ring (bicyclic) bond motifs is 2. The molecule has 1 aromatic carbocycles. The molecule has 5 rings (SSSR count). The van der Waals surface area contributed by atoms with E-state index in [2.05, 4.69) is 20.5 Å². The quantitative estimate of drug-likeness (QED) is 0.493. The Labute approximate surface area is 183 Å². The Kier molecular flexibility index (Phi) is 4.78. The Morgan fingerprint density at radius 3 is 3.03 bits per heavy atom. The summed E-state index contributed by atoms with van der Waals surface area (Å²) >= 11 is 0. The normalized spacial score (nSPS) is 17.6. The van der Waals surface area contributed by atoms with Crippen LogP contribution in [0.3, 0.4) is 0 Å². The van der Waals surface area contributed by atoms with Crippen molar-refractivity contribution in [3.05, 3.63) is 65.9 Å². The van der Waals surface area contributed by atoms with Gasteiger partial charge in [0.25, 0.3) is 5.91 Å². The number of ether oxygens (including phenoxy) is 2. The van der Waals surface area contributed by atoms with Crippen molar-refractivity contribution in [1.82, 2.24) is 24.4 Å². The minimum Gasteiger partial charge on any atom is -0.490 e. The highest BCUT2D eigenvalue weighted by atomic mass is 16.5. The average molecular weight is 434 g/mol. The van der Waals surface area contributed by atoms with Crippen molar-refractivity contribution in [2.24, 2.45) is 7.05 Å². The number of nitrogens with zero attached hydrogens (tertiary/aromatic N) is 5. The maximum atomic E-state index is 13.1. The van der Waals surface area contributed by atoms with Gasteiger partial charge in [0.15, 0.2) is 5.65 Å². The van der Waals surface area contributed by atoms with E-state index in [4.69, 9.17) is 9.47 Å². The van der Waals surface area contributed by atoms with Gasteiger partial charge in [0, 0.05) is 43.7 Å². The van der Waals surface area contributed by atoms with Crippen LogP contribution in [-0.4, -0.2) is 47.6 Å². The van der Waals surface area contributed by atoms with E-state index in [1.807, 2.05) is 13.2 Å². The lowest BCUT2D eigenvalue weighted by Gasteiger charge is -2.31. The summed E-state index contributed by atoms with van der Waals surface area (Å²) in [5.41, 5.74) is 1.94. The molecule has 0 saturated carbocycles. The van der Waals surface area contributed by atoms with Crippen LogP contribution in [-0.2, 0) is 20.1 Å². The Morgan fingerprint density at radius 1 is 1.34 bits per heavy atom. The van der Waals surface area contributed by atoms with Crippen LogP contribution in [0.4, 0.5) is 5.69 Å². The molecule has 0 bridgehead atoms. The third kappa shape index (κ3) is 3.87. The first-order valence-electron chi connectivity index (χ1n) is 10.1. The average Bonchev–Trinajstić information content (AvgIpc) is 3.37. The molecule has 0 radical (unpaired) electrons. The van der Waals surface area contributed by atoms with E-state index < -0.39 is 5.60 Å². The topological polar surface area (TPSA) is 116 Å². The number of rotatable bonds is 5. The summed E-state index contributed by atoms with van der Waals surface area (Å²) in [7, 11) is 1.83. The maximum absolute atomic E-state index is 13.1. The predicted octanol–water partition coefficient (Wildman–Crippen LogP) is 1.98. The minimum absolute atomic E-state index is 0.182. The Bertz CT molecular complexity index is 1310. The van der Waals surface area contributed by atoms with Crippen molar-refractivity contribution < 1.29 is 19.4 Å². The SMILES string of the molecule is Cn1cc(COc2cc3c(cc2NC(=O)c2cnn4cccnc24)C[C@@](C)(O)CO3)cn1. The fourth-order valence-electron chi connectivity index (χ4n) is 3.67. The number of benzene rings is 1. The number of amides is 1. The van der Waals surface area contributed by atoms with Gasteiger partial charge in [0.05, 0.1) is 23.7 Å². The first-order chi connectivity index (χ1) is 15.4. The number of aryl methyl sites for hydroxylation is 1. The second kappa shape index (κ2) is 7.65. The van der Waals surface area contributed by atoms with Gasteiger partial charge in [-0.25, -0.2) is 9.50 Å². The standard InChI is InChI=1S/C22H22N6O4/c1-22(30)8-15-6-17(26-21(29)16-10-25-28-5-3-4-23-20(16)28)19(7-18(15)32-13-22)31-12-14-9-24-27(2)11-14/h3-7,9-11,30H,8,12-13H2,1-2H3,(H,26,29)/t22-/m1/s1. The third-order valence-electron chi connectivity index (χ3n) is 5.20. The van der Waals surface area contributed by atoms with Crippen LogP contribution in [0.5, 0.6) is 11.5 Å². The number of nitrogens with one attached hydrogen (secondary N) is 1. The highest BCUT2D eigenvalue weighted by molar-refractivity contribution is 6.08. The van der Waals surface area contributed by atoms with Gasteiger partial charge >= 0.3 is 0 Å². The molecule has 32 heavy (non-hydrogen) atoms. The number of aliphatic hydroxyl groups is 1. The molecule has 1 aliphatic rings. The molecule has 4 heterocycles. The van der Waals surface area contributed by atoms with Crippen molar-refractivity contribution >= 4 is 17.2 Å². The summed E-state index contributed by atoms with van der Waals surface area (Å²) in [5, 5.41) is 21.6. The molecular formula is C22H22N6O4. The molecule has 0 saturated heterocycles. The fourth-order valence-corrected chi connectivity index (χ4v) is 3.67. The number of hydrogen-bond acceptors (Lipinski definition) is 7. The monoisotopic (exact) mass is 434 g/mol. The lowest BCUT2D eigenvalue weighted by Crippen LogP contribution is -2.38. The zero-order chi connectivity index (χ0) is 22.3. The molecule has 1 amide bonds. The number of aromatic nitrogens is 5. The first-order valence-corrected chi connectivity index (χ1v) is 10.1. The summed E-state index contributed by atoms with van der Waals surface area (Å²) in [6, 6.07) is 5.25. The number of anilines is 1. The number of carbonyl (C=O) groups excluding carboxylic acids is 1. The second-order valence-corrected chi connectivity index (χ2v) is 8.13. The van der Waals surface area contributed by atoms with Crippen LogP contribution in [0.15, 0.2) is 49.2 Å². The van der Waals surface area contributed by atoms with Crippen molar-refractivity contribution in [2.75, 3.05) is 11.9 Å². The van der Waals surface area contributed by atoms with Gasteiger partial charge in [-0.2, -0.15) is 10.2 Å². The van der Waals surface area contributed by atoms with Gasteiger partial charge < -0.3 is 19.9 Å². The molecule has 10 heteroatoms. The molecule has 1 aliphatic heterocycles. The first kappa shape index (κ1) is 20.0. The molecule has 0 fully saturated rings. The molecule has 164 valence electrons.